The second-order valence-corrected chi connectivity index (χ2v) is 11.2. The molecule has 2 saturated heterocycles. The molecule has 260 valence electrons. The number of carbonyl (C=O) groups excluding carboxylic acids is 4. The minimum atomic E-state index is -1.51. The van der Waals surface area contributed by atoms with E-state index in [0.717, 1.165) is 4.90 Å². The van der Waals surface area contributed by atoms with Crippen LogP contribution in [0.2, 0.25) is 0 Å². The zero-order valence-corrected chi connectivity index (χ0v) is 26.7. The number of rotatable bonds is 17. The first kappa shape index (κ1) is 39.1. The molecule has 0 radical (unpaired) electrons. The Morgan fingerprint density at radius 2 is 1.09 bits per heavy atom. The molecule has 2 rings (SSSR count). The van der Waals surface area contributed by atoms with Crippen molar-refractivity contribution in [2.75, 3.05) is 39.4 Å². The van der Waals surface area contributed by atoms with Crippen molar-refractivity contribution in [3.05, 3.63) is 0 Å². The predicted octanol–water partition coefficient (Wildman–Crippen LogP) is -4.28. The SMILES string of the molecule is C[C@@H]1O[C@@H](OCCNC(=O)CN(CC(=O)NCCO[C@@H]2O[C@@H](C)[C@@H](O)[C@@H](O)[C@@H]2O)C(=O)CCCCC(=O)NBr)[C@@H](O)[C@H](O)[C@@H]1O. The summed E-state index contributed by atoms with van der Waals surface area (Å²) in [5.41, 5.74) is 0. The number of carbonyl (C=O) groups is 4. The van der Waals surface area contributed by atoms with E-state index < -0.39 is 92.2 Å². The molecule has 2 fully saturated rings. The molecule has 4 amide bonds. The molecule has 19 heteroatoms. The third-order valence-electron chi connectivity index (χ3n) is 7.20. The van der Waals surface area contributed by atoms with Gasteiger partial charge in [-0.25, -0.2) is 0 Å². The number of ether oxygens (including phenoxy) is 4. The van der Waals surface area contributed by atoms with Crippen molar-refractivity contribution >= 4 is 39.8 Å². The van der Waals surface area contributed by atoms with Crippen LogP contribution in [0, 0.1) is 0 Å². The number of aliphatic hydroxyl groups is 6. The molecule has 0 bridgehead atoms. The van der Waals surface area contributed by atoms with Gasteiger partial charge in [-0.3, -0.25) is 23.5 Å². The van der Waals surface area contributed by atoms with E-state index >= 15 is 0 Å². The fourth-order valence-electron chi connectivity index (χ4n) is 4.49. The predicted molar refractivity (Wildman–Crippen MR) is 155 cm³/mol. The molecule has 18 nitrogen and oxygen atoms in total. The second kappa shape index (κ2) is 19.6. The van der Waals surface area contributed by atoms with Crippen LogP contribution in [0.3, 0.4) is 0 Å². The van der Waals surface area contributed by atoms with E-state index in [-0.39, 0.29) is 45.1 Å². The van der Waals surface area contributed by atoms with E-state index in [9.17, 15) is 49.8 Å². The molecule has 0 unspecified atom stereocenters. The molecule has 2 aliphatic rings. The van der Waals surface area contributed by atoms with Crippen LogP contribution in [0.15, 0.2) is 0 Å². The number of unbranched alkanes of at least 4 members (excludes halogenated alkanes) is 1. The lowest BCUT2D eigenvalue weighted by Crippen LogP contribution is -2.57. The van der Waals surface area contributed by atoms with E-state index in [2.05, 4.69) is 31.1 Å². The fraction of sp³-hybridized carbons (Fsp3) is 0.846. The Labute approximate surface area is 268 Å². The summed E-state index contributed by atoms with van der Waals surface area (Å²) in [4.78, 5) is 50.5. The van der Waals surface area contributed by atoms with Crippen molar-refractivity contribution in [3.8, 4) is 0 Å². The Morgan fingerprint density at radius 3 is 1.51 bits per heavy atom. The smallest absolute Gasteiger partial charge is 0.239 e. The average Bonchev–Trinajstić information content (AvgIpc) is 3.01. The minimum absolute atomic E-state index is 0.0329. The Hall–Kier alpha value is -2.04. The van der Waals surface area contributed by atoms with Crippen LogP contribution in [-0.2, 0) is 38.1 Å². The summed E-state index contributed by atoms with van der Waals surface area (Å²) in [6, 6.07) is 0. The number of aliphatic hydroxyl groups excluding tert-OH is 6. The normalized spacial score (nSPS) is 31.6. The summed E-state index contributed by atoms with van der Waals surface area (Å²) < 4.78 is 23.7. The van der Waals surface area contributed by atoms with E-state index in [1.54, 1.807) is 0 Å². The molecule has 0 aromatic rings. The van der Waals surface area contributed by atoms with Crippen LogP contribution < -0.4 is 15.0 Å². The zero-order chi connectivity index (χ0) is 33.7. The monoisotopic (exact) mass is 716 g/mol. The lowest BCUT2D eigenvalue weighted by Gasteiger charge is -2.38. The maximum atomic E-state index is 12.9. The van der Waals surface area contributed by atoms with Crippen molar-refractivity contribution in [2.24, 2.45) is 0 Å². The third-order valence-corrected chi connectivity index (χ3v) is 7.64. The molecule has 9 N–H and O–H groups in total. The van der Waals surface area contributed by atoms with Crippen molar-refractivity contribution < 1.29 is 68.8 Å². The first-order valence-corrected chi connectivity index (χ1v) is 15.4. The second-order valence-electron chi connectivity index (χ2n) is 10.8. The number of nitrogens with one attached hydrogen (secondary N) is 3. The number of nitrogens with zero attached hydrogens (tertiary/aromatic N) is 1. The van der Waals surface area contributed by atoms with Crippen LogP contribution in [-0.4, -0.2) is 160 Å². The summed E-state index contributed by atoms with van der Waals surface area (Å²) in [5, 5.41) is 64.4. The van der Waals surface area contributed by atoms with Crippen LogP contribution in [0.1, 0.15) is 39.5 Å². The van der Waals surface area contributed by atoms with Crippen molar-refractivity contribution in [2.45, 2.75) is 101 Å². The highest BCUT2D eigenvalue weighted by Gasteiger charge is 2.43. The van der Waals surface area contributed by atoms with Gasteiger partial charge in [-0.05, 0) is 26.7 Å². The third kappa shape index (κ3) is 12.6. The van der Waals surface area contributed by atoms with Gasteiger partial charge < -0.3 is 65.1 Å². The summed E-state index contributed by atoms with van der Waals surface area (Å²) in [5.74, 6) is -2.00. The number of hydrogen-bond acceptors (Lipinski definition) is 14. The van der Waals surface area contributed by atoms with Crippen molar-refractivity contribution in [1.29, 1.82) is 0 Å². The topological polar surface area (TPSA) is 266 Å². The first-order valence-electron chi connectivity index (χ1n) is 14.6. The summed E-state index contributed by atoms with van der Waals surface area (Å²) >= 11 is 2.83. The molecule has 0 saturated carbocycles. The van der Waals surface area contributed by atoms with Gasteiger partial charge in [-0.2, -0.15) is 0 Å². The molecule has 2 heterocycles. The van der Waals surface area contributed by atoms with Crippen LogP contribution >= 0.6 is 16.1 Å². The Kier molecular flexibility index (Phi) is 17.0. The van der Waals surface area contributed by atoms with Crippen molar-refractivity contribution in [3.63, 3.8) is 0 Å². The van der Waals surface area contributed by atoms with E-state index in [0.29, 0.717) is 12.8 Å². The maximum absolute atomic E-state index is 12.9. The van der Waals surface area contributed by atoms with E-state index in [4.69, 9.17) is 18.9 Å². The number of amides is 4. The Bertz CT molecular complexity index is 911. The first-order chi connectivity index (χ1) is 21.3. The molecule has 2 aliphatic heterocycles. The lowest BCUT2D eigenvalue weighted by atomic mass is 10.0. The van der Waals surface area contributed by atoms with Gasteiger partial charge in [0.2, 0.25) is 23.6 Å². The van der Waals surface area contributed by atoms with Gasteiger partial charge in [0.15, 0.2) is 12.6 Å². The van der Waals surface area contributed by atoms with Gasteiger partial charge in [0, 0.05) is 42.1 Å². The Morgan fingerprint density at radius 1 is 0.667 bits per heavy atom. The Balaban J connectivity index is 1.83. The van der Waals surface area contributed by atoms with Gasteiger partial charge in [0.25, 0.3) is 0 Å². The molecule has 10 atom stereocenters. The van der Waals surface area contributed by atoms with Crippen LogP contribution in [0.5, 0.6) is 0 Å². The van der Waals surface area contributed by atoms with Gasteiger partial charge in [-0.1, -0.05) is 0 Å². The fourth-order valence-corrected chi connectivity index (χ4v) is 4.69. The van der Waals surface area contributed by atoms with E-state index in [1.807, 2.05) is 0 Å². The van der Waals surface area contributed by atoms with Crippen LogP contribution in [0.25, 0.3) is 0 Å². The van der Waals surface area contributed by atoms with E-state index in [1.165, 1.54) is 13.8 Å². The molecular weight excluding hydrogens is 672 g/mol. The lowest BCUT2D eigenvalue weighted by molar-refractivity contribution is -0.292. The van der Waals surface area contributed by atoms with Gasteiger partial charge in [0.1, 0.15) is 49.7 Å². The molecule has 0 aromatic carbocycles. The minimum Gasteiger partial charge on any atom is -0.388 e. The quantitative estimate of drug-likeness (QED) is 0.0510. The highest BCUT2D eigenvalue weighted by atomic mass is 79.9. The number of hydrogen-bond donors (Lipinski definition) is 9. The van der Waals surface area contributed by atoms with Gasteiger partial charge in [0.05, 0.1) is 25.4 Å². The highest BCUT2D eigenvalue weighted by molar-refractivity contribution is 9.08. The van der Waals surface area contributed by atoms with Gasteiger partial charge in [-0.15, -0.1) is 0 Å². The highest BCUT2D eigenvalue weighted by Crippen LogP contribution is 2.22. The standard InChI is InChI=1S/C26H45BrN4O14/c1-13-19(36)21(38)23(40)25(44-13)42-9-7-28-16(33)11-31(18(35)6-4-3-5-15(32)30-27)12-17(34)29-8-10-43-26-24(41)22(39)20(37)14(2)45-26/h13-14,19-26,36-41H,3-12H2,1-2H3,(H,28,33)(H,29,34)(H,30,32)/t13-,14-,19+,20+,21+,22+,23-,24-,25+,26+/m0/s1. The molecule has 0 aliphatic carbocycles. The maximum Gasteiger partial charge on any atom is 0.239 e. The summed E-state index contributed by atoms with van der Waals surface area (Å²) in [7, 11) is 0. The largest absolute Gasteiger partial charge is 0.388 e. The molecule has 0 aromatic heterocycles. The van der Waals surface area contributed by atoms with Gasteiger partial charge >= 0.3 is 0 Å². The summed E-state index contributed by atoms with van der Waals surface area (Å²) in [6.45, 7) is 1.64. The van der Waals surface area contributed by atoms with Crippen LogP contribution in [0.4, 0.5) is 0 Å². The molecule has 45 heavy (non-hydrogen) atoms. The summed E-state index contributed by atoms with van der Waals surface area (Å²) in [6.07, 6.45) is -11.8. The molecule has 0 spiro atoms. The van der Waals surface area contributed by atoms with Crippen molar-refractivity contribution in [1.82, 2.24) is 19.9 Å². The average molecular weight is 718 g/mol. The number of halogens is 1. The molecular formula is C26H45BrN4O14. The zero-order valence-electron chi connectivity index (χ0n) is 25.1.